The molecule has 4 unspecified atom stereocenters. The molecule has 0 aliphatic heterocycles. The van der Waals surface area contributed by atoms with Crippen molar-refractivity contribution in [2.45, 2.75) is 59.1 Å². The van der Waals surface area contributed by atoms with E-state index in [9.17, 15) is 4.79 Å². The summed E-state index contributed by atoms with van der Waals surface area (Å²) in [7, 11) is 0. The molecule has 2 saturated carbocycles. The van der Waals surface area contributed by atoms with Crippen LogP contribution in [0.2, 0.25) is 0 Å². The van der Waals surface area contributed by atoms with Crippen LogP contribution in [0.15, 0.2) is 5.11 Å². The van der Waals surface area contributed by atoms with Gasteiger partial charge in [0.2, 0.25) is 0 Å². The molecule has 0 aromatic heterocycles. The quantitative estimate of drug-likeness (QED) is 0.333. The number of ether oxygens (including phenoxy) is 1. The Labute approximate surface area is 108 Å². The number of hydrogen-bond acceptors (Lipinski definition) is 3. The molecule has 0 N–H and O–H groups in total. The predicted octanol–water partition coefficient (Wildman–Crippen LogP) is 3.44. The smallest absolute Gasteiger partial charge is 0.314 e. The largest absolute Gasteiger partial charge is 0.461 e. The van der Waals surface area contributed by atoms with E-state index in [4.69, 9.17) is 10.3 Å². The second kappa shape index (κ2) is 4.16. The van der Waals surface area contributed by atoms with Gasteiger partial charge in [-0.3, -0.25) is 4.79 Å². The molecule has 2 rings (SSSR count). The van der Waals surface area contributed by atoms with Crippen molar-refractivity contribution in [3.05, 3.63) is 10.4 Å². The van der Waals surface area contributed by atoms with Gasteiger partial charge in [0.05, 0.1) is 0 Å². The zero-order chi connectivity index (χ0) is 13.6. The Balaban J connectivity index is 2.14. The van der Waals surface area contributed by atoms with Gasteiger partial charge < -0.3 is 4.74 Å². The number of carbonyl (C=O) groups excluding carboxylic acids is 1. The number of azide groups is 1. The summed E-state index contributed by atoms with van der Waals surface area (Å²) in [6.07, 6.45) is 3.42. The maximum atomic E-state index is 11.9. The van der Waals surface area contributed by atoms with Crippen molar-refractivity contribution < 1.29 is 9.53 Å². The summed E-state index contributed by atoms with van der Waals surface area (Å²) in [5, 5.41) is 3.41. The second-order valence-electron chi connectivity index (χ2n) is 6.61. The van der Waals surface area contributed by atoms with Crippen molar-refractivity contribution in [3.63, 3.8) is 0 Å². The molecule has 0 saturated heterocycles. The van der Waals surface area contributed by atoms with E-state index >= 15 is 0 Å². The summed E-state index contributed by atoms with van der Waals surface area (Å²) >= 11 is 0. The first kappa shape index (κ1) is 13.2. The number of nitrogens with zero attached hydrogens (tertiary/aromatic N) is 3. The highest BCUT2D eigenvalue weighted by Crippen LogP contribution is 2.63. The van der Waals surface area contributed by atoms with E-state index in [1.165, 1.54) is 6.42 Å². The minimum Gasteiger partial charge on any atom is -0.461 e. The molecule has 18 heavy (non-hydrogen) atoms. The third-order valence-electron chi connectivity index (χ3n) is 4.94. The van der Waals surface area contributed by atoms with Crippen LogP contribution in [0, 0.1) is 16.7 Å². The molecule has 5 nitrogen and oxygen atoms in total. The highest BCUT2D eigenvalue weighted by atomic mass is 16.5. The van der Waals surface area contributed by atoms with Gasteiger partial charge in [-0.05, 0) is 37.6 Å². The molecule has 0 aromatic carbocycles. The zero-order valence-corrected chi connectivity index (χ0v) is 11.5. The molecule has 0 amide bonds. The first-order chi connectivity index (χ1) is 8.31. The number of rotatable bonds is 3. The van der Waals surface area contributed by atoms with Crippen LogP contribution in [0.3, 0.4) is 0 Å². The zero-order valence-electron chi connectivity index (χ0n) is 11.5. The fourth-order valence-corrected chi connectivity index (χ4v) is 3.89. The number of hydrogen-bond donors (Lipinski definition) is 0. The molecule has 100 valence electrons. The SMILES string of the molecule is CC(N=[N+]=[N-])C(=O)OC1C2(C)CCC(C2)C1(C)C. The van der Waals surface area contributed by atoms with E-state index in [0.717, 1.165) is 12.8 Å². The van der Waals surface area contributed by atoms with Crippen molar-refractivity contribution >= 4 is 5.97 Å². The fraction of sp³-hybridized carbons (Fsp3) is 0.923. The lowest BCUT2D eigenvalue weighted by atomic mass is 9.70. The summed E-state index contributed by atoms with van der Waals surface area (Å²) in [5.74, 6) is 0.231. The van der Waals surface area contributed by atoms with E-state index in [1.54, 1.807) is 6.92 Å². The summed E-state index contributed by atoms with van der Waals surface area (Å²) in [4.78, 5) is 14.6. The molecule has 0 radical (unpaired) electrons. The van der Waals surface area contributed by atoms with Gasteiger partial charge in [-0.1, -0.05) is 25.9 Å². The number of esters is 1. The van der Waals surface area contributed by atoms with Gasteiger partial charge >= 0.3 is 5.97 Å². The summed E-state index contributed by atoms with van der Waals surface area (Å²) < 4.78 is 5.67. The van der Waals surface area contributed by atoms with Gasteiger partial charge in [0.25, 0.3) is 0 Å². The Morgan fingerprint density at radius 3 is 2.67 bits per heavy atom. The molecule has 2 aliphatic rings. The lowest BCUT2D eigenvalue weighted by molar-refractivity contribution is -0.165. The topological polar surface area (TPSA) is 75.1 Å². The van der Waals surface area contributed by atoms with Crippen LogP contribution >= 0.6 is 0 Å². The average Bonchev–Trinajstić information content (AvgIpc) is 2.75. The van der Waals surface area contributed by atoms with E-state index in [-0.39, 0.29) is 16.9 Å². The number of carbonyl (C=O) groups is 1. The second-order valence-corrected chi connectivity index (χ2v) is 6.61. The molecular weight excluding hydrogens is 230 g/mol. The van der Waals surface area contributed by atoms with Gasteiger partial charge in [0.15, 0.2) is 0 Å². The molecule has 0 aromatic rings. The van der Waals surface area contributed by atoms with Crippen LogP contribution in [0.25, 0.3) is 10.4 Å². The molecular formula is C13H21N3O2. The van der Waals surface area contributed by atoms with Crippen LogP contribution in [0.5, 0.6) is 0 Å². The Hall–Kier alpha value is -1.22. The summed E-state index contributed by atoms with van der Waals surface area (Å²) in [6.45, 7) is 8.14. The highest BCUT2D eigenvalue weighted by molar-refractivity contribution is 5.75. The van der Waals surface area contributed by atoms with E-state index < -0.39 is 12.0 Å². The van der Waals surface area contributed by atoms with E-state index in [1.807, 2.05) is 0 Å². The van der Waals surface area contributed by atoms with Crippen molar-refractivity contribution in [1.82, 2.24) is 0 Å². The monoisotopic (exact) mass is 251 g/mol. The summed E-state index contributed by atoms with van der Waals surface area (Å²) in [6, 6.07) is -0.742. The molecule has 2 fully saturated rings. The molecule has 0 heterocycles. The first-order valence-corrected chi connectivity index (χ1v) is 6.56. The van der Waals surface area contributed by atoms with Crippen LogP contribution in [0.4, 0.5) is 0 Å². The lowest BCUT2D eigenvalue weighted by Crippen LogP contribution is -2.44. The van der Waals surface area contributed by atoms with Gasteiger partial charge in [-0.15, -0.1) is 0 Å². The normalized spacial score (nSPS) is 38.0. The van der Waals surface area contributed by atoms with Crippen molar-refractivity contribution in [2.24, 2.45) is 21.9 Å². The van der Waals surface area contributed by atoms with Gasteiger partial charge in [0, 0.05) is 15.7 Å². The highest BCUT2D eigenvalue weighted by Gasteiger charge is 2.61. The maximum Gasteiger partial charge on any atom is 0.314 e. The third-order valence-corrected chi connectivity index (χ3v) is 4.94. The van der Waals surface area contributed by atoms with Gasteiger partial charge in [-0.25, -0.2) is 0 Å². The number of fused-ring (bicyclic) bond motifs is 2. The van der Waals surface area contributed by atoms with Gasteiger partial charge in [0.1, 0.15) is 12.1 Å². The van der Waals surface area contributed by atoms with Crippen LogP contribution in [-0.2, 0) is 9.53 Å². The van der Waals surface area contributed by atoms with Crippen LogP contribution in [-0.4, -0.2) is 18.1 Å². The lowest BCUT2D eigenvalue weighted by Gasteiger charge is -2.41. The Kier molecular flexibility index (Phi) is 3.06. The Morgan fingerprint density at radius 2 is 2.17 bits per heavy atom. The minimum atomic E-state index is -0.742. The van der Waals surface area contributed by atoms with E-state index in [0.29, 0.717) is 5.92 Å². The molecule has 4 atom stereocenters. The fourth-order valence-electron chi connectivity index (χ4n) is 3.89. The maximum absolute atomic E-state index is 11.9. The minimum absolute atomic E-state index is 0.0265. The van der Waals surface area contributed by atoms with Crippen molar-refractivity contribution in [1.29, 1.82) is 0 Å². The molecule has 2 aliphatic carbocycles. The van der Waals surface area contributed by atoms with Crippen LogP contribution in [0.1, 0.15) is 47.0 Å². The molecule has 2 bridgehead atoms. The first-order valence-electron chi connectivity index (χ1n) is 6.56. The predicted molar refractivity (Wildman–Crippen MR) is 67.7 cm³/mol. The van der Waals surface area contributed by atoms with Crippen molar-refractivity contribution in [2.75, 3.05) is 0 Å². The third kappa shape index (κ3) is 1.87. The molecule has 0 spiro atoms. The average molecular weight is 251 g/mol. The van der Waals surface area contributed by atoms with E-state index in [2.05, 4.69) is 30.8 Å². The van der Waals surface area contributed by atoms with Crippen LogP contribution < -0.4 is 0 Å². The summed E-state index contributed by atoms with van der Waals surface area (Å²) in [5.41, 5.74) is 8.48. The standard InChI is InChI=1S/C13H21N3O2/c1-8(15-16-14)10(17)18-11-12(2,3)9-5-6-13(11,4)7-9/h8-9,11H,5-7H2,1-4H3. The van der Waals surface area contributed by atoms with Crippen molar-refractivity contribution in [3.8, 4) is 0 Å². The van der Waals surface area contributed by atoms with Gasteiger partial charge in [-0.2, -0.15) is 0 Å². The molecule has 5 heteroatoms. The Bertz CT molecular complexity index is 410. The Morgan fingerprint density at radius 1 is 1.50 bits per heavy atom.